The van der Waals surface area contributed by atoms with Crippen molar-refractivity contribution in [1.29, 1.82) is 0 Å². The van der Waals surface area contributed by atoms with Crippen LogP contribution in [0.25, 0.3) is 10.4 Å². The van der Waals surface area contributed by atoms with Gasteiger partial charge in [0.15, 0.2) is 0 Å². The molecule has 0 bridgehead atoms. The fourth-order valence-electron chi connectivity index (χ4n) is 3.91. The van der Waals surface area contributed by atoms with Gasteiger partial charge in [-0.1, -0.05) is 0 Å². The summed E-state index contributed by atoms with van der Waals surface area (Å²) in [6, 6.07) is 10.7. The third-order valence-corrected chi connectivity index (χ3v) is 11.7. The van der Waals surface area contributed by atoms with E-state index in [1.807, 2.05) is 27.7 Å². The van der Waals surface area contributed by atoms with E-state index < -0.39 is 15.9 Å². The number of thiophene rings is 1. The van der Waals surface area contributed by atoms with E-state index in [9.17, 15) is 0 Å². The fourth-order valence-corrected chi connectivity index (χ4v) is 9.93. The average molecular weight is 460 g/mol. The van der Waals surface area contributed by atoms with Gasteiger partial charge in [0.1, 0.15) is 0 Å². The number of hydrogen-bond acceptors (Lipinski definition) is 7. The van der Waals surface area contributed by atoms with Crippen LogP contribution in [-0.2, 0) is 39.5 Å². The van der Waals surface area contributed by atoms with Gasteiger partial charge in [0.05, 0.1) is 0 Å². The van der Waals surface area contributed by atoms with Gasteiger partial charge in [0, 0.05) is 0 Å². The Balaban J connectivity index is 1.61. The number of rotatable bonds is 9. The van der Waals surface area contributed by atoms with E-state index in [4.69, 9.17) is 27.1 Å². The second-order valence-electron chi connectivity index (χ2n) is 7.16. The molecule has 6 nitrogen and oxygen atoms in total. The molecule has 1 aromatic heterocycles. The molecule has 0 amide bonds. The summed E-state index contributed by atoms with van der Waals surface area (Å²) in [4.78, 5) is 1.21. The van der Waals surface area contributed by atoms with E-state index in [0.29, 0.717) is 25.5 Å². The van der Waals surface area contributed by atoms with E-state index in [1.165, 1.54) is 16.0 Å². The molecule has 3 heterocycles. The Morgan fingerprint density at radius 2 is 1.52 bits per heavy atom. The standard InChI is InChI=1S/C20H30O6P2S/c1-5-21-27(23-15(3)24-27)13-17-9-10-18(19(12-17)20-8-7-11-29-20)14-28(22-6-2)25-16(4)26-28/h7-12,15-16,27-28H,5-6,13-14H2,1-4H3. The van der Waals surface area contributed by atoms with E-state index >= 15 is 0 Å². The molecule has 0 aliphatic carbocycles. The van der Waals surface area contributed by atoms with Crippen molar-refractivity contribution in [2.45, 2.75) is 52.6 Å². The molecule has 29 heavy (non-hydrogen) atoms. The van der Waals surface area contributed by atoms with Gasteiger partial charge in [-0.2, -0.15) is 0 Å². The Labute approximate surface area is 177 Å². The van der Waals surface area contributed by atoms with Crippen molar-refractivity contribution < 1.29 is 27.1 Å². The van der Waals surface area contributed by atoms with E-state index in [-0.39, 0.29) is 12.6 Å². The van der Waals surface area contributed by atoms with Crippen molar-refractivity contribution in [3.63, 3.8) is 0 Å². The van der Waals surface area contributed by atoms with Gasteiger partial charge >= 0.3 is 177 Å². The normalized spacial score (nSPS) is 26.9. The fraction of sp³-hybridized carbons (Fsp3) is 0.500. The van der Waals surface area contributed by atoms with Gasteiger partial charge in [0.2, 0.25) is 0 Å². The zero-order chi connectivity index (χ0) is 20.5. The van der Waals surface area contributed by atoms with Gasteiger partial charge in [-0.25, -0.2) is 0 Å². The van der Waals surface area contributed by atoms with Gasteiger partial charge in [0.25, 0.3) is 0 Å². The molecule has 0 atom stereocenters. The van der Waals surface area contributed by atoms with Gasteiger partial charge in [-0.15, -0.1) is 0 Å². The summed E-state index contributed by atoms with van der Waals surface area (Å²) in [7, 11) is -5.23. The first-order valence-corrected chi connectivity index (χ1v) is 14.9. The molecule has 9 heteroatoms. The van der Waals surface area contributed by atoms with Crippen LogP contribution in [0.15, 0.2) is 35.7 Å². The van der Waals surface area contributed by atoms with Gasteiger partial charge in [-0.05, 0) is 0 Å². The van der Waals surface area contributed by atoms with Crippen LogP contribution in [0.4, 0.5) is 0 Å². The van der Waals surface area contributed by atoms with E-state index in [1.54, 1.807) is 11.3 Å². The SMILES string of the molecule is CCO[PH]1(Cc2ccc(C[PH]3(OCC)OC(C)O3)c(-c3cccs3)c2)OC(C)O1. The van der Waals surface area contributed by atoms with Crippen molar-refractivity contribution in [3.8, 4) is 10.4 Å². The van der Waals surface area contributed by atoms with Crippen LogP contribution >= 0.6 is 27.2 Å². The number of benzene rings is 1. The Hall–Kier alpha value is -0.460. The molecule has 2 aliphatic heterocycles. The van der Waals surface area contributed by atoms with Crippen LogP contribution in [0, 0.1) is 0 Å². The van der Waals surface area contributed by atoms with Crippen molar-refractivity contribution in [2.24, 2.45) is 0 Å². The molecule has 4 rings (SSSR count). The van der Waals surface area contributed by atoms with Crippen molar-refractivity contribution in [1.82, 2.24) is 0 Å². The monoisotopic (exact) mass is 460 g/mol. The first kappa shape index (κ1) is 21.8. The summed E-state index contributed by atoms with van der Waals surface area (Å²) in [6.45, 7) is 8.94. The van der Waals surface area contributed by atoms with Gasteiger partial charge < -0.3 is 0 Å². The Kier molecular flexibility index (Phi) is 6.72. The summed E-state index contributed by atoms with van der Waals surface area (Å²) >= 11 is 1.72. The average Bonchev–Trinajstić information content (AvgIpc) is 3.15. The zero-order valence-corrected chi connectivity index (χ0v) is 20.1. The quantitative estimate of drug-likeness (QED) is 0.412. The molecule has 162 valence electrons. The van der Waals surface area contributed by atoms with Crippen LogP contribution < -0.4 is 0 Å². The molecule has 2 fully saturated rings. The molecular formula is C20H30O6P2S. The van der Waals surface area contributed by atoms with Crippen LogP contribution in [0.3, 0.4) is 0 Å². The molecule has 0 saturated carbocycles. The Morgan fingerprint density at radius 1 is 0.897 bits per heavy atom. The molecule has 0 spiro atoms. The predicted molar refractivity (Wildman–Crippen MR) is 120 cm³/mol. The first-order valence-electron chi connectivity index (χ1n) is 10.1. The van der Waals surface area contributed by atoms with E-state index in [0.717, 1.165) is 5.56 Å². The topological polar surface area (TPSA) is 55.4 Å². The zero-order valence-electron chi connectivity index (χ0n) is 17.3. The maximum absolute atomic E-state index is 5.97. The first-order chi connectivity index (χ1) is 14.0. The van der Waals surface area contributed by atoms with Crippen molar-refractivity contribution in [3.05, 3.63) is 46.8 Å². The summed E-state index contributed by atoms with van der Waals surface area (Å²) in [5.74, 6) is 0. The number of hydrogen-bond donors (Lipinski definition) is 0. The molecular weight excluding hydrogens is 430 g/mol. The molecule has 0 N–H and O–H groups in total. The summed E-state index contributed by atoms with van der Waals surface area (Å²) in [5, 5.41) is 2.09. The summed E-state index contributed by atoms with van der Waals surface area (Å²) in [6.07, 6.45) is 0.958. The molecule has 2 aromatic rings. The van der Waals surface area contributed by atoms with Crippen LogP contribution in [0.2, 0.25) is 0 Å². The molecule has 2 aliphatic rings. The Morgan fingerprint density at radius 3 is 2.03 bits per heavy atom. The van der Waals surface area contributed by atoms with Crippen LogP contribution in [0.1, 0.15) is 38.8 Å². The van der Waals surface area contributed by atoms with Gasteiger partial charge in [-0.3, -0.25) is 0 Å². The second-order valence-corrected chi connectivity index (χ2v) is 13.1. The molecule has 2 saturated heterocycles. The summed E-state index contributed by atoms with van der Waals surface area (Å²) < 4.78 is 35.6. The van der Waals surface area contributed by atoms with Crippen LogP contribution in [0.5, 0.6) is 0 Å². The third-order valence-electron chi connectivity index (χ3n) is 4.90. The molecule has 0 radical (unpaired) electrons. The maximum atomic E-state index is 5.97. The Bertz CT molecular complexity index is 807. The minimum atomic E-state index is -2.63. The molecule has 0 unspecified atom stereocenters. The van der Waals surface area contributed by atoms with Crippen LogP contribution in [-0.4, -0.2) is 25.8 Å². The molecule has 1 aromatic carbocycles. The third kappa shape index (κ3) is 4.74. The second kappa shape index (κ2) is 8.96. The van der Waals surface area contributed by atoms with Crippen molar-refractivity contribution in [2.75, 3.05) is 13.2 Å². The summed E-state index contributed by atoms with van der Waals surface area (Å²) in [5.41, 5.74) is 3.52. The predicted octanol–water partition coefficient (Wildman–Crippen LogP) is 6.26. The van der Waals surface area contributed by atoms with E-state index in [2.05, 4.69) is 35.7 Å². The minimum absolute atomic E-state index is 0.184. The van der Waals surface area contributed by atoms with Crippen molar-refractivity contribution >= 4 is 27.2 Å².